The second-order valence-electron chi connectivity index (χ2n) is 5.15. The molecule has 1 aromatic heterocycles. The number of rotatable bonds is 5. The Morgan fingerprint density at radius 1 is 1.33 bits per heavy atom. The zero-order valence-corrected chi connectivity index (χ0v) is 13.0. The van der Waals surface area contributed by atoms with Crippen LogP contribution in [0.5, 0.6) is 0 Å². The molecule has 1 atom stereocenters. The van der Waals surface area contributed by atoms with Crippen molar-refractivity contribution in [2.75, 3.05) is 6.61 Å². The molecule has 1 aromatic carbocycles. The first-order valence-electron chi connectivity index (χ1n) is 6.76. The fourth-order valence-corrected chi connectivity index (χ4v) is 2.85. The Morgan fingerprint density at radius 2 is 2.05 bits per heavy atom. The molecule has 2 rings (SSSR count). The molecule has 0 aliphatic rings. The molecular weight excluding hydrogens is 282 g/mol. The van der Waals surface area contributed by atoms with Crippen LogP contribution in [0.3, 0.4) is 0 Å². The first-order valence-corrected chi connectivity index (χ1v) is 7.64. The van der Waals surface area contributed by atoms with Crippen LogP contribution in [-0.2, 0) is 10.3 Å². The van der Waals surface area contributed by atoms with E-state index in [0.717, 1.165) is 16.0 Å². The topological polar surface area (TPSA) is 49.3 Å². The summed E-state index contributed by atoms with van der Waals surface area (Å²) in [6, 6.07) is 11.5. The van der Waals surface area contributed by atoms with Crippen molar-refractivity contribution in [1.29, 1.82) is 0 Å². The summed E-state index contributed by atoms with van der Waals surface area (Å²) in [5.74, 6) is -0.219. The molecule has 0 saturated carbocycles. The van der Waals surface area contributed by atoms with Crippen molar-refractivity contribution in [2.45, 2.75) is 19.4 Å². The van der Waals surface area contributed by atoms with Crippen molar-refractivity contribution in [2.24, 2.45) is 0 Å². The van der Waals surface area contributed by atoms with Crippen LogP contribution in [0.15, 0.2) is 47.9 Å². The van der Waals surface area contributed by atoms with Crippen LogP contribution >= 0.6 is 11.3 Å². The van der Waals surface area contributed by atoms with Crippen molar-refractivity contribution < 1.29 is 9.90 Å². The maximum Gasteiger partial charge on any atom is 0.244 e. The number of aliphatic hydroxyl groups is 1. The van der Waals surface area contributed by atoms with E-state index < -0.39 is 5.54 Å². The molecule has 1 unspecified atom stereocenters. The van der Waals surface area contributed by atoms with E-state index >= 15 is 0 Å². The number of carbonyl (C=O) groups excluding carboxylic acids is 1. The van der Waals surface area contributed by atoms with Gasteiger partial charge in [-0.1, -0.05) is 30.3 Å². The lowest BCUT2D eigenvalue weighted by molar-refractivity contribution is -0.118. The Labute approximate surface area is 128 Å². The van der Waals surface area contributed by atoms with Crippen LogP contribution in [-0.4, -0.2) is 17.6 Å². The molecule has 0 radical (unpaired) electrons. The lowest BCUT2D eigenvalue weighted by Gasteiger charge is -2.28. The molecule has 0 aliphatic heterocycles. The zero-order chi connectivity index (χ0) is 15.3. The Kier molecular flexibility index (Phi) is 4.94. The quantitative estimate of drug-likeness (QED) is 0.834. The minimum Gasteiger partial charge on any atom is -0.394 e. The molecule has 110 valence electrons. The lowest BCUT2D eigenvalue weighted by atomic mass is 9.93. The fraction of sp³-hybridized carbons (Fsp3) is 0.235. The van der Waals surface area contributed by atoms with Crippen molar-refractivity contribution in [3.63, 3.8) is 0 Å². The van der Waals surface area contributed by atoms with Gasteiger partial charge in [-0.25, -0.2) is 0 Å². The number of hydrogen-bond donors (Lipinski definition) is 2. The maximum atomic E-state index is 12.1. The van der Waals surface area contributed by atoms with E-state index in [-0.39, 0.29) is 12.5 Å². The number of thiophene rings is 1. The van der Waals surface area contributed by atoms with Crippen LogP contribution in [0.4, 0.5) is 0 Å². The van der Waals surface area contributed by atoms with Crippen LogP contribution in [0.2, 0.25) is 0 Å². The summed E-state index contributed by atoms with van der Waals surface area (Å²) in [6.07, 6.45) is 3.31. The van der Waals surface area contributed by atoms with Gasteiger partial charge in [-0.15, -0.1) is 11.3 Å². The predicted molar refractivity (Wildman–Crippen MR) is 87.1 cm³/mol. The van der Waals surface area contributed by atoms with Gasteiger partial charge in [0.05, 0.1) is 12.1 Å². The third-order valence-electron chi connectivity index (χ3n) is 3.41. The van der Waals surface area contributed by atoms with Gasteiger partial charge in [0.2, 0.25) is 5.91 Å². The normalized spacial score (nSPS) is 14.0. The highest BCUT2D eigenvalue weighted by atomic mass is 32.1. The average molecular weight is 301 g/mol. The Balaban J connectivity index is 2.10. The standard InChI is InChI=1S/C17H19NO2S/c1-13-10-11-21-15(13)8-9-16(20)18-17(2,12-19)14-6-4-3-5-7-14/h3-11,19H,12H2,1-2H3,(H,18,20)/b9-8+. The monoisotopic (exact) mass is 301 g/mol. The van der Waals surface area contributed by atoms with E-state index in [4.69, 9.17) is 0 Å². The lowest BCUT2D eigenvalue weighted by Crippen LogP contribution is -2.45. The van der Waals surface area contributed by atoms with Crippen LogP contribution in [0.25, 0.3) is 6.08 Å². The molecule has 0 aliphatic carbocycles. The Bertz CT molecular complexity index is 633. The van der Waals surface area contributed by atoms with Crippen LogP contribution < -0.4 is 5.32 Å². The van der Waals surface area contributed by atoms with Gasteiger partial charge in [0.25, 0.3) is 0 Å². The third-order valence-corrected chi connectivity index (χ3v) is 4.40. The van der Waals surface area contributed by atoms with Crippen LogP contribution in [0.1, 0.15) is 22.9 Å². The number of benzene rings is 1. The maximum absolute atomic E-state index is 12.1. The van der Waals surface area contributed by atoms with Gasteiger partial charge in [-0.2, -0.15) is 0 Å². The number of aliphatic hydroxyl groups excluding tert-OH is 1. The van der Waals surface area contributed by atoms with Crippen molar-refractivity contribution in [1.82, 2.24) is 5.32 Å². The van der Waals surface area contributed by atoms with Gasteiger partial charge in [0, 0.05) is 11.0 Å². The smallest absolute Gasteiger partial charge is 0.244 e. The van der Waals surface area contributed by atoms with Crippen LogP contribution in [0, 0.1) is 6.92 Å². The molecule has 4 heteroatoms. The number of aryl methyl sites for hydroxylation is 1. The second kappa shape index (κ2) is 6.70. The van der Waals surface area contributed by atoms with E-state index in [1.165, 1.54) is 6.08 Å². The predicted octanol–water partition coefficient (Wildman–Crippen LogP) is 3.09. The van der Waals surface area contributed by atoms with Crippen molar-refractivity contribution in [3.8, 4) is 0 Å². The molecule has 1 amide bonds. The molecule has 2 aromatic rings. The minimum atomic E-state index is -0.785. The highest BCUT2D eigenvalue weighted by Crippen LogP contribution is 2.20. The van der Waals surface area contributed by atoms with Gasteiger partial charge < -0.3 is 10.4 Å². The number of hydrogen-bond acceptors (Lipinski definition) is 3. The molecule has 0 saturated heterocycles. The van der Waals surface area contributed by atoms with Crippen molar-refractivity contribution in [3.05, 3.63) is 63.9 Å². The van der Waals surface area contributed by atoms with E-state index in [2.05, 4.69) is 5.32 Å². The summed E-state index contributed by atoms with van der Waals surface area (Å²) in [5, 5.41) is 14.5. The molecule has 1 heterocycles. The second-order valence-corrected chi connectivity index (χ2v) is 6.09. The van der Waals surface area contributed by atoms with Gasteiger partial charge in [-0.3, -0.25) is 4.79 Å². The molecule has 0 spiro atoms. The Morgan fingerprint density at radius 3 is 2.62 bits per heavy atom. The highest BCUT2D eigenvalue weighted by Gasteiger charge is 2.26. The average Bonchev–Trinajstić information content (AvgIpc) is 2.91. The molecule has 21 heavy (non-hydrogen) atoms. The third kappa shape index (κ3) is 3.80. The minimum absolute atomic E-state index is 0.158. The van der Waals surface area contributed by atoms with E-state index in [1.54, 1.807) is 17.4 Å². The zero-order valence-electron chi connectivity index (χ0n) is 12.2. The number of amides is 1. The van der Waals surface area contributed by atoms with E-state index in [1.807, 2.05) is 55.6 Å². The summed E-state index contributed by atoms with van der Waals surface area (Å²) >= 11 is 1.60. The number of nitrogens with one attached hydrogen (secondary N) is 1. The van der Waals surface area contributed by atoms with Gasteiger partial charge in [0.1, 0.15) is 0 Å². The van der Waals surface area contributed by atoms with Crippen molar-refractivity contribution >= 4 is 23.3 Å². The SMILES string of the molecule is Cc1ccsc1/C=C/C(=O)NC(C)(CO)c1ccccc1. The Hall–Kier alpha value is -1.91. The molecule has 2 N–H and O–H groups in total. The van der Waals surface area contributed by atoms with Gasteiger partial charge in [-0.05, 0) is 42.5 Å². The van der Waals surface area contributed by atoms with E-state index in [0.29, 0.717) is 0 Å². The molecule has 0 bridgehead atoms. The molecular formula is C17H19NO2S. The first-order chi connectivity index (χ1) is 10.0. The van der Waals surface area contributed by atoms with Gasteiger partial charge >= 0.3 is 0 Å². The summed E-state index contributed by atoms with van der Waals surface area (Å²) in [7, 11) is 0. The summed E-state index contributed by atoms with van der Waals surface area (Å²) in [6.45, 7) is 3.66. The summed E-state index contributed by atoms with van der Waals surface area (Å²) in [5.41, 5.74) is 1.24. The van der Waals surface area contributed by atoms with Gasteiger partial charge in [0.15, 0.2) is 0 Å². The molecule has 0 fully saturated rings. The number of carbonyl (C=O) groups is 1. The highest BCUT2D eigenvalue weighted by molar-refractivity contribution is 7.11. The summed E-state index contributed by atoms with van der Waals surface area (Å²) in [4.78, 5) is 13.2. The fourth-order valence-electron chi connectivity index (χ4n) is 2.03. The largest absolute Gasteiger partial charge is 0.394 e. The first kappa shape index (κ1) is 15.5. The molecule has 3 nitrogen and oxygen atoms in total. The van der Waals surface area contributed by atoms with E-state index in [9.17, 15) is 9.90 Å². The summed E-state index contributed by atoms with van der Waals surface area (Å²) < 4.78 is 0.